The summed E-state index contributed by atoms with van der Waals surface area (Å²) >= 11 is 0. The van der Waals surface area contributed by atoms with Gasteiger partial charge in [-0.1, -0.05) is 18.2 Å². The first-order chi connectivity index (χ1) is 12.1. The van der Waals surface area contributed by atoms with Gasteiger partial charge in [-0.15, -0.1) is 0 Å². The Morgan fingerprint density at radius 2 is 2.20 bits per heavy atom. The molecule has 1 aromatic carbocycles. The Morgan fingerprint density at radius 1 is 1.36 bits per heavy atom. The molecule has 6 heteroatoms. The molecule has 0 radical (unpaired) electrons. The van der Waals surface area contributed by atoms with E-state index in [4.69, 9.17) is 4.74 Å². The Labute approximate surface area is 146 Å². The van der Waals surface area contributed by atoms with Crippen molar-refractivity contribution in [3.05, 3.63) is 53.9 Å². The number of esters is 1. The molecule has 1 fully saturated rings. The van der Waals surface area contributed by atoms with Crippen molar-refractivity contribution in [2.24, 2.45) is 0 Å². The predicted octanol–water partition coefficient (Wildman–Crippen LogP) is 2.05. The molecule has 2 aliphatic heterocycles. The van der Waals surface area contributed by atoms with E-state index in [0.717, 1.165) is 18.4 Å². The third kappa shape index (κ3) is 2.81. The second-order valence-electron chi connectivity index (χ2n) is 6.98. The summed E-state index contributed by atoms with van der Waals surface area (Å²) in [6.45, 7) is 3.09. The van der Waals surface area contributed by atoms with Crippen LogP contribution in [-0.2, 0) is 22.5 Å². The van der Waals surface area contributed by atoms with E-state index >= 15 is 0 Å². The van der Waals surface area contributed by atoms with Crippen molar-refractivity contribution in [2.45, 2.75) is 44.4 Å². The maximum Gasteiger partial charge on any atom is 0.339 e. The number of hydrogen-bond acceptors (Lipinski definition) is 4. The lowest BCUT2D eigenvalue weighted by Crippen LogP contribution is -2.54. The minimum Gasteiger partial charge on any atom is -0.445 e. The standard InChI is InChI=1S/C19H21N3O3/c1-19(12-14-6-2-3-8-16(14)17(23)25-19)18(24)22-11-4-7-15(22)13-21-10-5-9-20-21/h2-3,5-6,8-10,15H,4,7,11-13H2,1H3/t15-,19-/m1/s1. The molecule has 2 aliphatic rings. The van der Waals surface area contributed by atoms with Gasteiger partial charge in [0.1, 0.15) is 0 Å². The summed E-state index contributed by atoms with van der Waals surface area (Å²) in [5, 5.41) is 4.24. The summed E-state index contributed by atoms with van der Waals surface area (Å²) < 4.78 is 7.45. The SMILES string of the molecule is C[C@]1(C(=O)N2CCC[C@@H]2Cn2cccn2)Cc2ccccc2C(=O)O1. The number of hydrogen-bond donors (Lipinski definition) is 0. The van der Waals surface area contributed by atoms with Crippen molar-refractivity contribution in [1.29, 1.82) is 0 Å². The molecule has 25 heavy (non-hydrogen) atoms. The lowest BCUT2D eigenvalue weighted by Gasteiger charge is -2.37. The van der Waals surface area contributed by atoms with Gasteiger partial charge in [0.15, 0.2) is 5.60 Å². The van der Waals surface area contributed by atoms with Crippen LogP contribution in [-0.4, -0.2) is 44.7 Å². The second-order valence-corrected chi connectivity index (χ2v) is 6.98. The van der Waals surface area contributed by atoms with Gasteiger partial charge < -0.3 is 9.64 Å². The zero-order valence-corrected chi connectivity index (χ0v) is 14.2. The molecule has 1 aromatic heterocycles. The molecule has 2 atom stereocenters. The maximum absolute atomic E-state index is 13.2. The minimum atomic E-state index is -1.14. The molecule has 4 rings (SSSR count). The van der Waals surface area contributed by atoms with Crippen LogP contribution < -0.4 is 0 Å². The van der Waals surface area contributed by atoms with Gasteiger partial charge in [0.2, 0.25) is 0 Å². The van der Waals surface area contributed by atoms with E-state index in [9.17, 15) is 9.59 Å². The lowest BCUT2D eigenvalue weighted by atomic mass is 9.88. The Kier molecular flexibility index (Phi) is 3.82. The topological polar surface area (TPSA) is 64.4 Å². The molecule has 0 saturated carbocycles. The number of likely N-dealkylation sites (tertiary alicyclic amines) is 1. The molecule has 0 unspecified atom stereocenters. The number of cyclic esters (lactones) is 1. The molecule has 0 N–H and O–H groups in total. The van der Waals surface area contributed by atoms with Gasteiger partial charge >= 0.3 is 5.97 Å². The minimum absolute atomic E-state index is 0.0834. The zero-order chi connectivity index (χ0) is 17.4. The monoisotopic (exact) mass is 339 g/mol. The molecule has 1 saturated heterocycles. The molecule has 1 amide bonds. The normalized spacial score (nSPS) is 25.6. The summed E-state index contributed by atoms with van der Waals surface area (Å²) in [7, 11) is 0. The average molecular weight is 339 g/mol. The summed E-state index contributed by atoms with van der Waals surface area (Å²) in [5.74, 6) is -0.523. The first-order valence-electron chi connectivity index (χ1n) is 8.66. The number of fused-ring (bicyclic) bond motifs is 1. The van der Waals surface area contributed by atoms with Crippen LogP contribution in [0.5, 0.6) is 0 Å². The number of ether oxygens (including phenoxy) is 1. The van der Waals surface area contributed by atoms with Crippen molar-refractivity contribution in [3.8, 4) is 0 Å². The number of carbonyl (C=O) groups excluding carboxylic acids is 2. The van der Waals surface area contributed by atoms with Crippen LogP contribution in [0, 0.1) is 0 Å². The highest BCUT2D eigenvalue weighted by Gasteiger charge is 2.47. The zero-order valence-electron chi connectivity index (χ0n) is 14.2. The number of benzene rings is 1. The molecule has 0 spiro atoms. The second kappa shape index (κ2) is 6.02. The van der Waals surface area contributed by atoms with Gasteiger partial charge in [-0.25, -0.2) is 4.79 Å². The number of rotatable bonds is 3. The van der Waals surface area contributed by atoms with Crippen LogP contribution in [0.25, 0.3) is 0 Å². The number of nitrogens with zero attached hydrogens (tertiary/aromatic N) is 3. The molecule has 3 heterocycles. The highest BCUT2D eigenvalue weighted by atomic mass is 16.6. The van der Waals surface area contributed by atoms with Gasteiger partial charge in [-0.3, -0.25) is 9.48 Å². The van der Waals surface area contributed by atoms with Crippen molar-refractivity contribution >= 4 is 11.9 Å². The Balaban J connectivity index is 1.56. The fraction of sp³-hybridized carbons (Fsp3) is 0.421. The summed E-state index contributed by atoms with van der Waals surface area (Å²) in [6, 6.07) is 9.30. The highest BCUT2D eigenvalue weighted by Crippen LogP contribution is 2.32. The van der Waals surface area contributed by atoms with Crippen LogP contribution in [0.4, 0.5) is 0 Å². The van der Waals surface area contributed by atoms with E-state index in [0.29, 0.717) is 25.1 Å². The predicted molar refractivity (Wildman–Crippen MR) is 90.9 cm³/mol. The molecule has 130 valence electrons. The number of amides is 1. The summed E-state index contributed by atoms with van der Waals surface area (Å²) in [5.41, 5.74) is 0.290. The van der Waals surface area contributed by atoms with Crippen LogP contribution in [0.15, 0.2) is 42.7 Å². The van der Waals surface area contributed by atoms with Crippen molar-refractivity contribution < 1.29 is 14.3 Å². The number of aromatic nitrogens is 2. The van der Waals surface area contributed by atoms with E-state index in [2.05, 4.69) is 5.10 Å². The molecule has 6 nitrogen and oxygen atoms in total. The van der Waals surface area contributed by atoms with Crippen LogP contribution in [0.3, 0.4) is 0 Å². The Morgan fingerprint density at radius 3 is 3.00 bits per heavy atom. The van der Waals surface area contributed by atoms with Gasteiger partial charge in [-0.2, -0.15) is 5.10 Å². The third-order valence-corrected chi connectivity index (χ3v) is 5.13. The number of carbonyl (C=O) groups is 2. The van der Waals surface area contributed by atoms with Gasteiger partial charge in [0.25, 0.3) is 5.91 Å². The fourth-order valence-corrected chi connectivity index (χ4v) is 3.87. The Hall–Kier alpha value is -2.63. The Bertz CT molecular complexity index is 802. The first-order valence-corrected chi connectivity index (χ1v) is 8.66. The molecule has 2 aromatic rings. The van der Waals surface area contributed by atoms with E-state index in [1.165, 1.54) is 0 Å². The van der Waals surface area contributed by atoms with E-state index in [1.54, 1.807) is 19.2 Å². The summed E-state index contributed by atoms with van der Waals surface area (Å²) in [6.07, 6.45) is 5.95. The lowest BCUT2D eigenvalue weighted by molar-refractivity contribution is -0.152. The average Bonchev–Trinajstić information content (AvgIpc) is 3.26. The molecule has 0 bridgehead atoms. The van der Waals surface area contributed by atoms with E-state index in [1.807, 2.05) is 40.0 Å². The largest absolute Gasteiger partial charge is 0.445 e. The van der Waals surface area contributed by atoms with Crippen LogP contribution >= 0.6 is 0 Å². The van der Waals surface area contributed by atoms with E-state index < -0.39 is 11.6 Å². The molecule has 0 aliphatic carbocycles. The highest BCUT2D eigenvalue weighted by molar-refractivity contribution is 5.97. The molecular formula is C19H21N3O3. The van der Waals surface area contributed by atoms with Gasteiger partial charge in [-0.05, 0) is 37.5 Å². The van der Waals surface area contributed by atoms with Crippen molar-refractivity contribution in [3.63, 3.8) is 0 Å². The van der Waals surface area contributed by atoms with Crippen LogP contribution in [0.2, 0.25) is 0 Å². The fourth-order valence-electron chi connectivity index (χ4n) is 3.87. The van der Waals surface area contributed by atoms with Gasteiger partial charge in [0, 0.05) is 25.4 Å². The smallest absolute Gasteiger partial charge is 0.339 e. The van der Waals surface area contributed by atoms with Crippen molar-refractivity contribution in [1.82, 2.24) is 14.7 Å². The van der Waals surface area contributed by atoms with Crippen molar-refractivity contribution in [2.75, 3.05) is 6.54 Å². The maximum atomic E-state index is 13.2. The van der Waals surface area contributed by atoms with Crippen LogP contribution in [0.1, 0.15) is 35.7 Å². The van der Waals surface area contributed by atoms with E-state index in [-0.39, 0.29) is 11.9 Å². The summed E-state index contributed by atoms with van der Waals surface area (Å²) in [4.78, 5) is 27.5. The third-order valence-electron chi connectivity index (χ3n) is 5.13. The van der Waals surface area contributed by atoms with Gasteiger partial charge in [0.05, 0.1) is 18.2 Å². The quantitative estimate of drug-likeness (QED) is 0.803. The first kappa shape index (κ1) is 15.9. The molecular weight excluding hydrogens is 318 g/mol.